The summed E-state index contributed by atoms with van der Waals surface area (Å²) >= 11 is 5.13. The number of nitrogens with zero attached hydrogens (tertiary/aromatic N) is 2. The van der Waals surface area contributed by atoms with Crippen molar-refractivity contribution in [3.63, 3.8) is 0 Å². The number of aromatic nitrogens is 2. The Morgan fingerprint density at radius 3 is 2.71 bits per heavy atom. The van der Waals surface area contributed by atoms with E-state index < -0.39 is 0 Å². The molecular formula is C16H14N4S. The summed E-state index contributed by atoms with van der Waals surface area (Å²) in [6, 6.07) is 15.6. The molecule has 2 heterocycles. The molecule has 3 aromatic rings. The van der Waals surface area contributed by atoms with Crippen LogP contribution in [-0.2, 0) is 6.54 Å². The average Bonchev–Trinajstić information content (AvgIpc) is 2.53. The van der Waals surface area contributed by atoms with Gasteiger partial charge in [0.2, 0.25) is 0 Å². The normalized spacial score (nSPS) is 10.5. The molecule has 0 fully saturated rings. The SMILES string of the molecule is NC(=S)c1cc2ccccc2nc1NCc1ccccn1. The second-order valence-corrected chi connectivity index (χ2v) is 5.06. The van der Waals surface area contributed by atoms with Crippen LogP contribution in [0.1, 0.15) is 11.3 Å². The molecule has 0 spiro atoms. The number of pyridine rings is 2. The molecule has 0 aliphatic carbocycles. The summed E-state index contributed by atoms with van der Waals surface area (Å²) < 4.78 is 0. The molecule has 21 heavy (non-hydrogen) atoms. The van der Waals surface area contributed by atoms with E-state index in [1.54, 1.807) is 6.20 Å². The Kier molecular flexibility index (Phi) is 3.75. The summed E-state index contributed by atoms with van der Waals surface area (Å²) in [5.41, 5.74) is 8.40. The van der Waals surface area contributed by atoms with Gasteiger partial charge in [-0.15, -0.1) is 0 Å². The molecule has 0 unspecified atom stereocenters. The molecule has 0 saturated carbocycles. The molecule has 3 rings (SSSR count). The van der Waals surface area contributed by atoms with Crippen LogP contribution in [0.15, 0.2) is 54.7 Å². The Labute approximate surface area is 128 Å². The molecule has 2 aromatic heterocycles. The summed E-state index contributed by atoms with van der Waals surface area (Å²) in [5, 5.41) is 4.28. The van der Waals surface area contributed by atoms with Gasteiger partial charge >= 0.3 is 0 Å². The third-order valence-electron chi connectivity index (χ3n) is 3.15. The van der Waals surface area contributed by atoms with Gasteiger partial charge in [0.1, 0.15) is 10.8 Å². The number of hydrogen-bond acceptors (Lipinski definition) is 4. The number of hydrogen-bond donors (Lipinski definition) is 2. The van der Waals surface area contributed by atoms with Crippen molar-refractivity contribution in [1.82, 2.24) is 9.97 Å². The van der Waals surface area contributed by atoms with Crippen molar-refractivity contribution in [3.05, 3.63) is 66.0 Å². The van der Waals surface area contributed by atoms with Crippen molar-refractivity contribution in [2.45, 2.75) is 6.54 Å². The fraction of sp³-hybridized carbons (Fsp3) is 0.0625. The molecular weight excluding hydrogens is 280 g/mol. The van der Waals surface area contributed by atoms with Crippen LogP contribution in [0.4, 0.5) is 5.82 Å². The molecule has 1 aromatic carbocycles. The Morgan fingerprint density at radius 1 is 1.14 bits per heavy atom. The lowest BCUT2D eigenvalue weighted by Gasteiger charge is -2.11. The first-order valence-electron chi connectivity index (χ1n) is 6.57. The summed E-state index contributed by atoms with van der Waals surface area (Å²) in [5.74, 6) is 0.687. The minimum absolute atomic E-state index is 0.330. The predicted molar refractivity (Wildman–Crippen MR) is 89.2 cm³/mol. The highest BCUT2D eigenvalue weighted by Crippen LogP contribution is 2.20. The number of para-hydroxylation sites is 1. The molecule has 0 aliphatic rings. The van der Waals surface area contributed by atoms with E-state index in [9.17, 15) is 0 Å². The van der Waals surface area contributed by atoms with Gasteiger partial charge in [0.15, 0.2) is 0 Å². The zero-order valence-electron chi connectivity index (χ0n) is 11.3. The van der Waals surface area contributed by atoms with Crippen LogP contribution in [-0.4, -0.2) is 15.0 Å². The molecule has 0 radical (unpaired) electrons. The van der Waals surface area contributed by atoms with E-state index in [0.717, 1.165) is 22.2 Å². The zero-order valence-corrected chi connectivity index (χ0v) is 12.1. The van der Waals surface area contributed by atoms with Gasteiger partial charge < -0.3 is 11.1 Å². The summed E-state index contributed by atoms with van der Waals surface area (Å²) in [4.78, 5) is 9.21. The quantitative estimate of drug-likeness (QED) is 0.724. The monoisotopic (exact) mass is 294 g/mol. The molecule has 5 heteroatoms. The van der Waals surface area contributed by atoms with Crippen molar-refractivity contribution >= 4 is 33.9 Å². The average molecular weight is 294 g/mol. The number of nitrogens with two attached hydrogens (primary N) is 1. The van der Waals surface area contributed by atoms with E-state index in [-0.39, 0.29) is 0 Å². The van der Waals surface area contributed by atoms with E-state index in [4.69, 9.17) is 18.0 Å². The molecule has 0 aliphatic heterocycles. The molecule has 0 amide bonds. The van der Waals surface area contributed by atoms with Crippen LogP contribution in [0.3, 0.4) is 0 Å². The van der Waals surface area contributed by atoms with Crippen LogP contribution in [0.5, 0.6) is 0 Å². The number of rotatable bonds is 4. The topological polar surface area (TPSA) is 63.8 Å². The maximum Gasteiger partial charge on any atom is 0.137 e. The summed E-state index contributed by atoms with van der Waals surface area (Å²) in [7, 11) is 0. The number of thiocarbonyl (C=S) groups is 1. The molecule has 3 N–H and O–H groups in total. The van der Waals surface area contributed by atoms with E-state index in [0.29, 0.717) is 17.4 Å². The first kappa shape index (κ1) is 13.5. The summed E-state index contributed by atoms with van der Waals surface area (Å²) in [6.45, 7) is 0.571. The molecule has 0 bridgehead atoms. The Morgan fingerprint density at radius 2 is 1.95 bits per heavy atom. The van der Waals surface area contributed by atoms with Gasteiger partial charge in [0.25, 0.3) is 0 Å². The fourth-order valence-electron chi connectivity index (χ4n) is 2.12. The van der Waals surface area contributed by atoms with Crippen LogP contribution in [0, 0.1) is 0 Å². The minimum Gasteiger partial charge on any atom is -0.389 e. The first-order valence-corrected chi connectivity index (χ1v) is 6.98. The first-order chi connectivity index (χ1) is 10.2. The van der Waals surface area contributed by atoms with Crippen molar-refractivity contribution < 1.29 is 0 Å². The standard InChI is InChI=1S/C16H14N4S/c17-15(21)13-9-11-5-1-2-7-14(11)20-16(13)19-10-12-6-3-4-8-18-12/h1-9H,10H2,(H2,17,21)(H,19,20). The maximum absolute atomic E-state index is 5.81. The lowest BCUT2D eigenvalue weighted by molar-refractivity contribution is 1.03. The zero-order chi connectivity index (χ0) is 14.7. The number of fused-ring (bicyclic) bond motifs is 1. The number of nitrogens with one attached hydrogen (secondary N) is 1. The predicted octanol–water partition coefficient (Wildman–Crippen LogP) is 2.88. The van der Waals surface area contributed by atoms with Gasteiger partial charge in [0.05, 0.1) is 23.3 Å². The van der Waals surface area contributed by atoms with Crippen molar-refractivity contribution in [2.75, 3.05) is 5.32 Å². The van der Waals surface area contributed by atoms with Gasteiger partial charge in [-0.25, -0.2) is 4.98 Å². The fourth-order valence-corrected chi connectivity index (χ4v) is 2.27. The van der Waals surface area contributed by atoms with Gasteiger partial charge in [0, 0.05) is 11.6 Å². The molecule has 0 saturated heterocycles. The van der Waals surface area contributed by atoms with E-state index in [1.165, 1.54) is 0 Å². The van der Waals surface area contributed by atoms with Crippen LogP contribution >= 0.6 is 12.2 Å². The Hall–Kier alpha value is -2.53. The van der Waals surface area contributed by atoms with Gasteiger partial charge in [-0.05, 0) is 24.3 Å². The highest BCUT2D eigenvalue weighted by Gasteiger charge is 2.09. The Bertz CT molecular complexity index is 787. The van der Waals surface area contributed by atoms with Crippen LogP contribution < -0.4 is 11.1 Å². The summed E-state index contributed by atoms with van der Waals surface area (Å²) in [6.07, 6.45) is 1.76. The largest absolute Gasteiger partial charge is 0.389 e. The molecule has 104 valence electrons. The maximum atomic E-state index is 5.81. The lowest BCUT2D eigenvalue weighted by atomic mass is 10.1. The van der Waals surface area contributed by atoms with E-state index in [1.807, 2.05) is 48.5 Å². The Balaban J connectivity index is 1.96. The van der Waals surface area contributed by atoms with E-state index in [2.05, 4.69) is 15.3 Å². The van der Waals surface area contributed by atoms with Crippen molar-refractivity contribution in [3.8, 4) is 0 Å². The van der Waals surface area contributed by atoms with E-state index >= 15 is 0 Å². The van der Waals surface area contributed by atoms with Gasteiger partial charge in [-0.2, -0.15) is 0 Å². The lowest BCUT2D eigenvalue weighted by Crippen LogP contribution is -2.15. The van der Waals surface area contributed by atoms with Crippen molar-refractivity contribution in [1.29, 1.82) is 0 Å². The van der Waals surface area contributed by atoms with Gasteiger partial charge in [-0.1, -0.05) is 36.5 Å². The minimum atomic E-state index is 0.330. The van der Waals surface area contributed by atoms with Gasteiger partial charge in [-0.3, -0.25) is 4.98 Å². The third-order valence-corrected chi connectivity index (χ3v) is 3.37. The highest BCUT2D eigenvalue weighted by atomic mass is 32.1. The number of benzene rings is 1. The van der Waals surface area contributed by atoms with Crippen LogP contribution in [0.25, 0.3) is 10.9 Å². The second kappa shape index (κ2) is 5.85. The number of anilines is 1. The highest BCUT2D eigenvalue weighted by molar-refractivity contribution is 7.80. The van der Waals surface area contributed by atoms with Crippen molar-refractivity contribution in [2.24, 2.45) is 5.73 Å². The smallest absolute Gasteiger partial charge is 0.137 e. The second-order valence-electron chi connectivity index (χ2n) is 4.62. The third kappa shape index (κ3) is 2.98. The molecule has 0 atom stereocenters. The van der Waals surface area contributed by atoms with Crippen LogP contribution in [0.2, 0.25) is 0 Å². The molecule has 4 nitrogen and oxygen atoms in total.